The van der Waals surface area contributed by atoms with E-state index in [1.165, 1.54) is 13.8 Å². The molecule has 624 valence electrons. The van der Waals surface area contributed by atoms with Crippen LogP contribution in [0.5, 0.6) is 0 Å². The number of rotatable bonds is 56. The lowest BCUT2D eigenvalue weighted by molar-refractivity contribution is -0.140. The molecular formula is C65H115N21O23S. The number of hydrogen-bond donors (Lipinski definition) is 25. The van der Waals surface area contributed by atoms with E-state index in [1.54, 1.807) is 27.7 Å². The predicted octanol–water partition coefficient (Wildman–Crippen LogP) is -10.2. The van der Waals surface area contributed by atoms with E-state index in [2.05, 4.69) is 74.1 Å². The molecule has 0 bridgehead atoms. The maximum absolute atomic E-state index is 14.3. The zero-order chi connectivity index (χ0) is 84.2. The highest BCUT2D eigenvalue weighted by atomic mass is 32.2. The Hall–Kier alpha value is -9.96. The fourth-order valence-electron chi connectivity index (χ4n) is 10.1. The number of carbonyl (C=O) groups excluding carboxylic acids is 16. The third-order valence-corrected chi connectivity index (χ3v) is 17.1. The summed E-state index contributed by atoms with van der Waals surface area (Å²) in [5, 5.41) is 80.5. The number of unbranched alkanes of at least 4 members (excludes halogenated alkanes) is 1. The van der Waals surface area contributed by atoms with E-state index in [4.69, 9.17) is 40.1 Å². The standard InChI is InChI=1S/C65H115N21O23S/c1-9-31(5)49(62(107)83-42(26-44(69)90)54(99)74-28-48(96)110-10-2)84-58(103)38(17-14-24-73-65(71)72)76-57(102)39(18-20-46(92)93)80-63(108)50(33(7)88)86-64(109)51(34(8)89)85-59(104)40(19-21-47(94)95)79-56(101)36(15-11-12-22-66)77-61(106)43(27-45(70)91)81-52(97)32(6)75-55(100)37(16-13-23-67)78-60(105)41(25-30(3)4)82-53(98)35(68)29-87/h30-43,49-51,87-89H,9-29,66-68H2,1-8H3,(H2,69,90)(H2,70,91)(H,74,99)(H,75,100)(H,76,102)(H,77,106)(H,78,105)(H,79,101)(H,80,108)(H,81,97)(H,82,98)(H,83,107)(H,84,103)(H,85,104)(H,86,109)(H,92,93)(H,94,95)(H4,71,72,73)/t31-,32-,33+,34+,35-,36-,37-,38-,39-,40-,41-,42-,43-,49-,50-,51-/m0/s1. The molecule has 0 aromatic rings. The molecule has 15 amide bonds. The van der Waals surface area contributed by atoms with Crippen LogP contribution in [0.1, 0.15) is 152 Å². The Balaban J connectivity index is 7.13. The van der Waals surface area contributed by atoms with Crippen molar-refractivity contribution in [2.45, 2.75) is 242 Å². The van der Waals surface area contributed by atoms with E-state index in [0.29, 0.717) is 5.75 Å². The van der Waals surface area contributed by atoms with Crippen molar-refractivity contribution in [3.63, 3.8) is 0 Å². The molecule has 44 nitrogen and oxygen atoms in total. The van der Waals surface area contributed by atoms with Gasteiger partial charge in [-0.25, -0.2) is 0 Å². The van der Waals surface area contributed by atoms with Gasteiger partial charge in [0.15, 0.2) is 5.96 Å². The number of carboxylic acids is 2. The molecule has 0 rings (SSSR count). The molecule has 0 saturated carbocycles. The van der Waals surface area contributed by atoms with Crippen LogP contribution in [-0.2, 0) is 86.3 Å². The Morgan fingerprint density at radius 2 is 0.782 bits per heavy atom. The van der Waals surface area contributed by atoms with E-state index < -0.39 is 254 Å². The second kappa shape index (κ2) is 53.0. The molecule has 0 spiro atoms. The van der Waals surface area contributed by atoms with Crippen LogP contribution in [0, 0.1) is 11.8 Å². The number of nitrogens with zero attached hydrogens (tertiary/aromatic N) is 1. The third kappa shape index (κ3) is 39.9. The number of aliphatic hydroxyl groups is 3. The zero-order valence-electron chi connectivity index (χ0n) is 63.1. The highest BCUT2D eigenvalue weighted by Gasteiger charge is 2.40. The molecule has 0 aromatic carbocycles. The van der Waals surface area contributed by atoms with Crippen LogP contribution in [0.25, 0.3) is 0 Å². The summed E-state index contributed by atoms with van der Waals surface area (Å²) in [6.45, 7) is 10.2. The third-order valence-electron chi connectivity index (χ3n) is 16.4. The van der Waals surface area contributed by atoms with Crippen LogP contribution >= 0.6 is 11.8 Å². The number of hydrogen-bond acceptors (Lipinski definition) is 26. The molecule has 0 heterocycles. The smallest absolute Gasteiger partial charge is 0.303 e. The minimum atomic E-state index is -2.15. The molecule has 0 unspecified atom stereocenters. The van der Waals surface area contributed by atoms with Crippen molar-refractivity contribution in [3.8, 4) is 0 Å². The molecule has 0 aliphatic carbocycles. The summed E-state index contributed by atoms with van der Waals surface area (Å²) in [4.78, 5) is 244. The second-order valence-corrected chi connectivity index (χ2v) is 27.7. The maximum atomic E-state index is 14.3. The number of thioether (sulfide) groups is 1. The molecule has 32 N–H and O–H groups in total. The van der Waals surface area contributed by atoms with Crippen LogP contribution in [0.3, 0.4) is 0 Å². The Labute approximate surface area is 640 Å². The Morgan fingerprint density at radius 3 is 1.21 bits per heavy atom. The quantitative estimate of drug-likeness (QED) is 0.0153. The van der Waals surface area contributed by atoms with E-state index in [9.17, 15) is 112 Å². The van der Waals surface area contributed by atoms with Gasteiger partial charge in [-0.3, -0.25) is 91.3 Å². The average molecular weight is 1590 g/mol. The summed E-state index contributed by atoms with van der Waals surface area (Å²) < 4.78 is 0. The number of nitrogens with one attached hydrogen (secondary N) is 13. The molecule has 0 radical (unpaired) electrons. The van der Waals surface area contributed by atoms with E-state index in [-0.39, 0.29) is 89.3 Å². The molecule has 0 saturated heterocycles. The van der Waals surface area contributed by atoms with Gasteiger partial charge in [0.05, 0.1) is 38.2 Å². The maximum Gasteiger partial charge on any atom is 0.303 e. The van der Waals surface area contributed by atoms with Crippen LogP contribution in [0.2, 0.25) is 0 Å². The molecule has 0 fully saturated rings. The molecule has 0 aliphatic heterocycles. The molecule has 0 aromatic heterocycles. The minimum Gasteiger partial charge on any atom is -0.481 e. The van der Waals surface area contributed by atoms with Crippen molar-refractivity contribution >= 4 is 123 Å². The fourth-order valence-corrected chi connectivity index (χ4v) is 10.6. The van der Waals surface area contributed by atoms with E-state index >= 15 is 0 Å². The largest absolute Gasteiger partial charge is 0.481 e. The van der Waals surface area contributed by atoms with Gasteiger partial charge in [-0.15, -0.1) is 0 Å². The number of nitrogens with two attached hydrogens (primary N) is 7. The van der Waals surface area contributed by atoms with Crippen LogP contribution in [0.15, 0.2) is 4.99 Å². The van der Waals surface area contributed by atoms with E-state index in [0.717, 1.165) is 25.6 Å². The Kier molecular flexibility index (Phi) is 48.2. The molecule has 0 aliphatic rings. The van der Waals surface area contributed by atoms with Crippen molar-refractivity contribution in [1.29, 1.82) is 0 Å². The highest BCUT2D eigenvalue weighted by Crippen LogP contribution is 2.15. The minimum absolute atomic E-state index is 0.0500. The lowest BCUT2D eigenvalue weighted by Gasteiger charge is -2.30. The summed E-state index contributed by atoms with van der Waals surface area (Å²) in [6.07, 6.45) is -8.76. The summed E-state index contributed by atoms with van der Waals surface area (Å²) in [7, 11) is 0. The van der Waals surface area contributed by atoms with Gasteiger partial charge in [0, 0.05) is 19.4 Å². The van der Waals surface area contributed by atoms with Crippen molar-refractivity contribution in [2.24, 2.45) is 57.0 Å². The second-order valence-electron chi connectivity index (χ2n) is 26.4. The molecular weight excluding hydrogens is 1470 g/mol. The van der Waals surface area contributed by atoms with Gasteiger partial charge in [-0.2, -0.15) is 0 Å². The predicted molar refractivity (Wildman–Crippen MR) is 395 cm³/mol. The normalized spacial score (nSPS) is 15.4. The Bertz CT molecular complexity index is 3160. The number of aliphatic carboxylic acids is 2. The summed E-state index contributed by atoms with van der Waals surface area (Å²) >= 11 is 0.893. The van der Waals surface area contributed by atoms with Crippen molar-refractivity contribution < 1.29 is 112 Å². The monoisotopic (exact) mass is 1590 g/mol. The molecule has 45 heteroatoms. The van der Waals surface area contributed by atoms with Crippen LogP contribution in [-0.4, -0.2) is 266 Å². The van der Waals surface area contributed by atoms with Gasteiger partial charge >= 0.3 is 11.9 Å². The van der Waals surface area contributed by atoms with Gasteiger partial charge in [0.1, 0.15) is 78.5 Å². The molecule has 16 atom stereocenters. The zero-order valence-corrected chi connectivity index (χ0v) is 64.0. The number of guanidine groups is 1. The number of amides is 15. The van der Waals surface area contributed by atoms with Gasteiger partial charge in [0.25, 0.3) is 0 Å². The van der Waals surface area contributed by atoms with E-state index in [1.807, 2.05) is 0 Å². The summed E-state index contributed by atoms with van der Waals surface area (Å²) in [6, 6.07) is -22.1. The number of aliphatic hydroxyl groups excluding tert-OH is 3. The average Bonchev–Trinajstić information content (AvgIpc) is 0.860. The van der Waals surface area contributed by atoms with Crippen molar-refractivity contribution in [2.75, 3.05) is 38.5 Å². The highest BCUT2D eigenvalue weighted by molar-refractivity contribution is 8.13. The number of primary amides is 2. The lowest BCUT2D eigenvalue weighted by Crippen LogP contribution is -2.63. The summed E-state index contributed by atoms with van der Waals surface area (Å²) in [5.41, 5.74) is 38.8. The SMILES string of the molecule is CCSC(=O)CNC(=O)[C@H](CC(N)=O)NC(=O)[C@@H](NC(=O)[C@H](CCCN=C(N)N)NC(=O)[C@H](CCC(=O)O)NC(=O)[C@@H](NC(=O)[C@@H](NC(=O)[C@H](CCC(=O)O)NC(=O)[C@H](CCCCN)NC(=O)[C@H](CC(N)=O)NC(=O)[C@H](C)NC(=O)[C@H](CCCN)NC(=O)[C@H](CC(C)C)NC(=O)[C@@H](N)CO)[C@@H](C)O)[C@@H](C)O)[C@@H](C)CC. The summed E-state index contributed by atoms with van der Waals surface area (Å²) in [5.74, 6) is -20.8. The first-order valence-corrected chi connectivity index (χ1v) is 36.7. The molecule has 110 heavy (non-hydrogen) atoms. The van der Waals surface area contributed by atoms with Crippen LogP contribution in [0.4, 0.5) is 0 Å². The first kappa shape index (κ1) is 100. The van der Waals surface area contributed by atoms with Crippen LogP contribution < -0.4 is 109 Å². The van der Waals surface area contributed by atoms with Gasteiger partial charge in [0.2, 0.25) is 93.7 Å². The number of aliphatic imine (C=N–C) groups is 1. The van der Waals surface area contributed by atoms with Gasteiger partial charge < -0.3 is 135 Å². The lowest BCUT2D eigenvalue weighted by atomic mass is 9.96. The van der Waals surface area contributed by atoms with Gasteiger partial charge in [-0.1, -0.05) is 52.8 Å². The number of carbonyl (C=O) groups is 18. The van der Waals surface area contributed by atoms with Gasteiger partial charge in [-0.05, 0) is 116 Å². The topological polar surface area (TPSA) is 759 Å². The van der Waals surface area contributed by atoms with Crippen molar-refractivity contribution in [1.82, 2.24) is 69.1 Å². The fraction of sp³-hybridized carbons (Fsp3) is 0.708. The number of carboxylic acid groups (broad SMARTS) is 2. The first-order valence-electron chi connectivity index (χ1n) is 35.7. The Morgan fingerprint density at radius 1 is 0.418 bits per heavy atom. The van der Waals surface area contributed by atoms with Crippen molar-refractivity contribution in [3.05, 3.63) is 0 Å². The first-order chi connectivity index (χ1) is 51.5.